The first-order valence-electron chi connectivity index (χ1n) is 26.3. The number of unbranched alkanes of at least 4 members (excludes halogenated alkanes) is 2. The minimum Gasteiger partial charge on any atom is -0.465 e. The second-order valence-corrected chi connectivity index (χ2v) is 23.9. The van der Waals surface area contributed by atoms with Gasteiger partial charge in [0.05, 0.1) is 76.6 Å². The Hall–Kier alpha value is -4.80. The monoisotopic (exact) mass is 1030 g/mol. The third-order valence-electron chi connectivity index (χ3n) is 15.5. The van der Waals surface area contributed by atoms with Gasteiger partial charge in [-0.3, -0.25) is 19.2 Å². The first-order chi connectivity index (χ1) is 34.6. The van der Waals surface area contributed by atoms with Gasteiger partial charge in [0.15, 0.2) is 5.92 Å². The van der Waals surface area contributed by atoms with Crippen LogP contribution >= 0.6 is 23.5 Å². The lowest BCUT2D eigenvalue weighted by Crippen LogP contribution is -2.32. The number of fused-ring (bicyclic) bond motifs is 1. The van der Waals surface area contributed by atoms with Gasteiger partial charge in [-0.1, -0.05) is 33.9 Å². The van der Waals surface area contributed by atoms with Gasteiger partial charge in [-0.15, -0.1) is 23.5 Å². The van der Waals surface area contributed by atoms with Gasteiger partial charge in [0.1, 0.15) is 11.5 Å². The number of carbonyl (C=O) groups is 6. The summed E-state index contributed by atoms with van der Waals surface area (Å²) in [5, 5.41) is 19.9. The van der Waals surface area contributed by atoms with Crippen molar-refractivity contribution in [2.45, 2.75) is 169 Å². The van der Waals surface area contributed by atoms with E-state index in [0.29, 0.717) is 115 Å². The Bertz CT molecular complexity index is 2160. The van der Waals surface area contributed by atoms with Crippen molar-refractivity contribution < 1.29 is 57.2 Å². The molecule has 1 aliphatic heterocycles. The zero-order valence-corrected chi connectivity index (χ0v) is 44.1. The number of carbonyl (C=O) groups excluding carboxylic acids is 6. The number of nitriles is 2. The summed E-state index contributed by atoms with van der Waals surface area (Å²) < 4.78 is 33.3. The maximum atomic E-state index is 14.2. The second kappa shape index (κ2) is 27.5. The second-order valence-electron chi connectivity index (χ2n) is 21.3. The Morgan fingerprint density at radius 1 is 0.556 bits per heavy atom. The maximum Gasteiger partial charge on any atom is 0.330 e. The van der Waals surface area contributed by atoms with Gasteiger partial charge in [0.2, 0.25) is 0 Å². The highest BCUT2D eigenvalue weighted by atomic mass is 32.2. The van der Waals surface area contributed by atoms with Gasteiger partial charge in [-0.25, -0.2) is 9.59 Å². The van der Waals surface area contributed by atoms with Crippen molar-refractivity contribution in [2.24, 2.45) is 53.3 Å². The van der Waals surface area contributed by atoms with Gasteiger partial charge in [0, 0.05) is 17.7 Å². The quantitative estimate of drug-likeness (QED) is 0.0369. The van der Waals surface area contributed by atoms with E-state index in [1.54, 1.807) is 0 Å². The van der Waals surface area contributed by atoms with E-state index in [1.807, 2.05) is 26.8 Å². The molecule has 1 atom stereocenters. The smallest absolute Gasteiger partial charge is 0.330 e. The van der Waals surface area contributed by atoms with Crippen LogP contribution in [0.1, 0.15) is 155 Å². The molecular weight excluding hydrogens is 957 g/mol. The fourth-order valence-corrected chi connectivity index (χ4v) is 14.2. The number of ether oxygens (including phenoxy) is 6. The number of hydrogen-bond donors (Lipinski definition) is 0. The molecular formula is C56H74N2O12S2. The fraction of sp³-hybridized carbons (Fsp3) is 0.679. The molecule has 0 saturated heterocycles. The molecule has 1 unspecified atom stereocenters. The zero-order chi connectivity index (χ0) is 51.8. The maximum absolute atomic E-state index is 14.2. The van der Waals surface area contributed by atoms with Crippen molar-refractivity contribution in [1.29, 1.82) is 10.5 Å². The molecule has 1 heterocycles. The van der Waals surface area contributed by atoms with Gasteiger partial charge < -0.3 is 28.4 Å². The summed E-state index contributed by atoms with van der Waals surface area (Å²) in [6, 6.07) is 6.06. The number of hydrogen-bond acceptors (Lipinski definition) is 16. The van der Waals surface area contributed by atoms with E-state index in [2.05, 4.69) is 25.3 Å². The Labute approximate surface area is 434 Å². The topological polar surface area (TPSA) is 205 Å². The predicted octanol–water partition coefficient (Wildman–Crippen LogP) is 11.3. The third kappa shape index (κ3) is 15.6. The normalized spacial score (nSPS) is 26.1. The Morgan fingerprint density at radius 2 is 0.903 bits per heavy atom. The van der Waals surface area contributed by atoms with Crippen LogP contribution in [0.4, 0.5) is 0 Å². The van der Waals surface area contributed by atoms with Crippen LogP contribution in [-0.4, -0.2) is 66.8 Å². The summed E-state index contributed by atoms with van der Waals surface area (Å²) in [5.74, 6) is -0.896. The highest BCUT2D eigenvalue weighted by molar-refractivity contribution is 8.19. The van der Waals surface area contributed by atoms with Crippen LogP contribution in [0.3, 0.4) is 0 Å². The van der Waals surface area contributed by atoms with E-state index in [4.69, 9.17) is 28.4 Å². The molecule has 14 nitrogen and oxygen atoms in total. The molecule has 4 aliphatic carbocycles. The van der Waals surface area contributed by atoms with E-state index < -0.39 is 27.9 Å². The number of nitrogens with zero attached hydrogens (tertiary/aromatic N) is 2. The van der Waals surface area contributed by atoms with Crippen LogP contribution < -0.4 is 9.47 Å². The molecule has 0 amide bonds. The molecule has 4 saturated carbocycles. The van der Waals surface area contributed by atoms with Crippen LogP contribution in [0, 0.1) is 75.9 Å². The molecule has 72 heavy (non-hydrogen) atoms. The van der Waals surface area contributed by atoms with Gasteiger partial charge in [-0.2, -0.15) is 10.5 Å². The lowest BCUT2D eigenvalue weighted by atomic mass is 9.69. The van der Waals surface area contributed by atoms with E-state index in [-0.39, 0.29) is 60.8 Å². The van der Waals surface area contributed by atoms with E-state index in [1.165, 1.54) is 23.5 Å². The predicted molar refractivity (Wildman–Crippen MR) is 271 cm³/mol. The minimum absolute atomic E-state index is 0.107. The summed E-state index contributed by atoms with van der Waals surface area (Å²) in [4.78, 5) is 77.4. The summed E-state index contributed by atoms with van der Waals surface area (Å²) in [5.41, 5.74) is 0.185. The van der Waals surface area contributed by atoms with Crippen molar-refractivity contribution >= 4 is 59.3 Å². The van der Waals surface area contributed by atoms with Crippen molar-refractivity contribution in [3.8, 4) is 23.6 Å². The molecule has 0 spiro atoms. The minimum atomic E-state index is -0.955. The molecule has 0 bridgehead atoms. The summed E-state index contributed by atoms with van der Waals surface area (Å²) in [7, 11) is 0. The van der Waals surface area contributed by atoms with E-state index >= 15 is 0 Å². The van der Waals surface area contributed by atoms with Crippen LogP contribution in [0.15, 0.2) is 41.2 Å². The largest absolute Gasteiger partial charge is 0.465 e. The zero-order valence-electron chi connectivity index (χ0n) is 42.5. The third-order valence-corrected chi connectivity index (χ3v) is 18.5. The number of esters is 6. The molecule has 0 radical (unpaired) electrons. The molecule has 392 valence electrons. The first kappa shape index (κ1) is 56.5. The number of thioether (sulfide) groups is 2. The van der Waals surface area contributed by atoms with Crippen molar-refractivity contribution in [1.82, 2.24) is 0 Å². The molecule has 5 aliphatic rings. The average Bonchev–Trinajstić information content (AvgIpc) is 3.84. The Balaban J connectivity index is 1.00. The number of rotatable bonds is 21. The van der Waals surface area contributed by atoms with Crippen molar-refractivity contribution in [3.05, 3.63) is 36.9 Å². The molecule has 4 fully saturated rings. The Kier molecular flexibility index (Phi) is 21.6. The summed E-state index contributed by atoms with van der Waals surface area (Å²) >= 11 is 2.63. The lowest BCUT2D eigenvalue weighted by Gasteiger charge is -2.37. The molecule has 6 rings (SSSR count). The first-order valence-corrected chi connectivity index (χ1v) is 28.1. The molecule has 0 aromatic heterocycles. The molecule has 1 aromatic rings. The van der Waals surface area contributed by atoms with Crippen LogP contribution in [-0.2, 0) is 53.1 Å². The lowest BCUT2D eigenvalue weighted by molar-refractivity contribution is -0.151. The van der Waals surface area contributed by atoms with Crippen LogP contribution in [0.2, 0.25) is 0 Å². The molecule has 0 N–H and O–H groups in total. The van der Waals surface area contributed by atoms with Gasteiger partial charge in [-0.05, 0) is 164 Å². The van der Waals surface area contributed by atoms with Crippen LogP contribution in [0.5, 0.6) is 11.5 Å². The van der Waals surface area contributed by atoms with Crippen molar-refractivity contribution in [2.75, 3.05) is 26.4 Å². The standard InChI is InChI=1S/C56H74N2O12S2/c1-6-46(59)65-28-8-10-30-67-51(61)39-20-12-35(13-21-39)37-16-24-41(25-17-37)53(63)69-45-32-44(56(3,4)5)48(50-49(45)71-55(72-50)43(33-57)34-58)70-54(64)42-26-18-38(19-27-42)36-14-22-40(23-15-36)52(62)68-31-11-9-29-66-47(60)7-2/h6-7,32,35-43,55H,1-2,8-31H2,3-5H3. The van der Waals surface area contributed by atoms with E-state index in [9.17, 15) is 39.3 Å². The fourth-order valence-electron chi connectivity index (χ4n) is 11.2. The summed E-state index contributed by atoms with van der Waals surface area (Å²) in [6.45, 7) is 14.0. The summed E-state index contributed by atoms with van der Waals surface area (Å²) in [6.07, 6.45) is 18.1. The Morgan fingerprint density at radius 3 is 1.26 bits per heavy atom. The SMILES string of the molecule is C=CC(=O)OCCCCOC(=O)C1CCC(C2CCC(C(=O)Oc3cc(C(C)(C)C)c(OC(=O)C4CCC(C5CCC(C(=O)OCCCCOC(=O)C=C)CC5)CC4)c4c3SC(C(C#N)C#N)S4)CC2)CC1. The van der Waals surface area contributed by atoms with E-state index in [0.717, 1.165) is 89.2 Å². The highest BCUT2D eigenvalue weighted by Gasteiger charge is 2.42. The average molecular weight is 1030 g/mol. The van der Waals surface area contributed by atoms with Gasteiger partial charge in [0.25, 0.3) is 0 Å². The number of benzene rings is 1. The molecule has 1 aromatic carbocycles. The van der Waals surface area contributed by atoms with Crippen molar-refractivity contribution in [3.63, 3.8) is 0 Å². The molecule has 16 heteroatoms. The van der Waals surface area contributed by atoms with Crippen LogP contribution in [0.25, 0.3) is 0 Å². The highest BCUT2D eigenvalue weighted by Crippen LogP contribution is 2.60. The van der Waals surface area contributed by atoms with Gasteiger partial charge >= 0.3 is 35.8 Å².